The quantitative estimate of drug-likeness (QED) is 0.316. The van der Waals surface area contributed by atoms with Gasteiger partial charge in [-0.05, 0) is 55.5 Å². The fourth-order valence-corrected chi connectivity index (χ4v) is 3.98. The van der Waals surface area contributed by atoms with E-state index in [0.717, 1.165) is 48.9 Å². The topological polar surface area (TPSA) is 140 Å². The molecule has 8 heteroatoms. The third kappa shape index (κ3) is 5.13. The summed E-state index contributed by atoms with van der Waals surface area (Å²) in [6.07, 6.45) is 10.5. The number of aromatic amines is 1. The number of carbonyl (C=O) groups excluding carboxylic acids is 1. The zero-order chi connectivity index (χ0) is 24.1. The summed E-state index contributed by atoms with van der Waals surface area (Å²) in [6.45, 7) is 0.742. The normalized spacial score (nSPS) is 14.0. The number of nitrogens with zero attached hydrogens (tertiary/aromatic N) is 2. The summed E-state index contributed by atoms with van der Waals surface area (Å²) in [5.41, 5.74) is 16.9. The van der Waals surface area contributed by atoms with Crippen molar-refractivity contribution in [2.75, 3.05) is 12.8 Å². The molecule has 0 saturated heterocycles. The highest BCUT2D eigenvalue weighted by Gasteiger charge is 2.16. The van der Waals surface area contributed by atoms with E-state index in [2.05, 4.69) is 26.3 Å². The summed E-state index contributed by atoms with van der Waals surface area (Å²) in [6, 6.07) is 9.40. The van der Waals surface area contributed by atoms with Gasteiger partial charge in [0, 0.05) is 35.6 Å². The minimum Gasteiger partial charge on any atom is -0.398 e. The molecule has 0 saturated carbocycles. The van der Waals surface area contributed by atoms with E-state index >= 15 is 0 Å². The molecule has 1 aliphatic rings. The fourth-order valence-electron chi connectivity index (χ4n) is 3.98. The van der Waals surface area contributed by atoms with Crippen molar-refractivity contribution in [2.45, 2.75) is 32.2 Å². The number of hydrogen-bond donors (Lipinski definition) is 4. The van der Waals surface area contributed by atoms with Crippen LogP contribution in [0.1, 0.15) is 52.9 Å². The second-order valence-corrected chi connectivity index (χ2v) is 8.29. The average Bonchev–Trinajstić information content (AvgIpc) is 2.86. The van der Waals surface area contributed by atoms with Gasteiger partial charge in [0.25, 0.3) is 5.56 Å². The van der Waals surface area contributed by atoms with Gasteiger partial charge in [-0.1, -0.05) is 30.3 Å². The van der Waals surface area contributed by atoms with E-state index < -0.39 is 5.78 Å². The standard InChI is InChI=1S/C26H28N6O2/c1-29-13-16-7-9-18(10-8-16)21(27)12-23(33)24-25(28)30-15-22(32-24)19-11-20(26(34)31-14-19)17-5-3-2-4-6-17/h5,7-12,14-15,29H,2-4,6,13,27H2,1H3,(H2,28,30)(H,31,34). The highest BCUT2D eigenvalue weighted by Crippen LogP contribution is 2.27. The van der Waals surface area contributed by atoms with Crippen LogP contribution in [0.25, 0.3) is 22.5 Å². The zero-order valence-corrected chi connectivity index (χ0v) is 19.1. The van der Waals surface area contributed by atoms with Crippen LogP contribution in [0.15, 0.2) is 59.7 Å². The van der Waals surface area contributed by atoms with Crippen molar-refractivity contribution in [1.29, 1.82) is 0 Å². The lowest BCUT2D eigenvalue weighted by atomic mass is 9.93. The van der Waals surface area contributed by atoms with Gasteiger partial charge in [0.05, 0.1) is 11.9 Å². The van der Waals surface area contributed by atoms with Crippen LogP contribution in [0, 0.1) is 0 Å². The molecule has 0 bridgehead atoms. The third-order valence-electron chi connectivity index (χ3n) is 5.82. The number of anilines is 1. The lowest BCUT2D eigenvalue weighted by molar-refractivity contribution is 0.104. The van der Waals surface area contributed by atoms with Crippen LogP contribution in [0.3, 0.4) is 0 Å². The van der Waals surface area contributed by atoms with E-state index in [-0.39, 0.29) is 17.1 Å². The lowest BCUT2D eigenvalue weighted by Gasteiger charge is -2.13. The second kappa shape index (κ2) is 10.3. The van der Waals surface area contributed by atoms with Crippen LogP contribution in [0.5, 0.6) is 0 Å². The first kappa shape index (κ1) is 23.1. The van der Waals surface area contributed by atoms with Gasteiger partial charge in [0.15, 0.2) is 11.5 Å². The number of nitrogen functional groups attached to an aromatic ring is 1. The van der Waals surface area contributed by atoms with Crippen molar-refractivity contribution >= 4 is 22.9 Å². The van der Waals surface area contributed by atoms with Crippen molar-refractivity contribution in [3.63, 3.8) is 0 Å². The van der Waals surface area contributed by atoms with Gasteiger partial charge in [-0.25, -0.2) is 9.97 Å². The molecule has 6 N–H and O–H groups in total. The molecule has 0 atom stereocenters. The van der Waals surface area contributed by atoms with E-state index in [9.17, 15) is 9.59 Å². The molecule has 0 fully saturated rings. The van der Waals surface area contributed by atoms with Gasteiger partial charge in [0.2, 0.25) is 5.78 Å². The summed E-state index contributed by atoms with van der Waals surface area (Å²) in [5, 5.41) is 3.08. The van der Waals surface area contributed by atoms with Crippen LogP contribution in [-0.4, -0.2) is 27.8 Å². The summed E-state index contributed by atoms with van der Waals surface area (Å²) in [7, 11) is 1.88. The maximum atomic E-state index is 13.0. The second-order valence-electron chi connectivity index (χ2n) is 8.29. The molecule has 174 valence electrons. The Hall–Kier alpha value is -4.04. The number of rotatable bonds is 7. The van der Waals surface area contributed by atoms with Crippen LogP contribution in [0.2, 0.25) is 0 Å². The van der Waals surface area contributed by atoms with Crippen molar-refractivity contribution in [1.82, 2.24) is 20.3 Å². The Bertz CT molecular complexity index is 1320. The maximum Gasteiger partial charge on any atom is 0.255 e. The maximum absolute atomic E-state index is 13.0. The van der Waals surface area contributed by atoms with Crippen LogP contribution in [0.4, 0.5) is 5.82 Å². The summed E-state index contributed by atoms with van der Waals surface area (Å²) >= 11 is 0. The molecule has 1 aliphatic carbocycles. The number of nitrogens with two attached hydrogens (primary N) is 2. The van der Waals surface area contributed by atoms with Crippen molar-refractivity contribution < 1.29 is 4.79 Å². The molecule has 4 rings (SSSR count). The van der Waals surface area contributed by atoms with Crippen LogP contribution >= 0.6 is 0 Å². The molecule has 0 spiro atoms. The first-order valence-corrected chi connectivity index (χ1v) is 11.3. The van der Waals surface area contributed by atoms with E-state index in [1.54, 1.807) is 12.3 Å². The smallest absolute Gasteiger partial charge is 0.255 e. The van der Waals surface area contributed by atoms with E-state index in [0.29, 0.717) is 22.5 Å². The molecule has 8 nitrogen and oxygen atoms in total. The Morgan fingerprint density at radius 2 is 2.03 bits per heavy atom. The van der Waals surface area contributed by atoms with Crippen molar-refractivity contribution in [3.05, 3.63) is 87.6 Å². The number of nitrogens with one attached hydrogen (secondary N) is 2. The largest absolute Gasteiger partial charge is 0.398 e. The lowest BCUT2D eigenvalue weighted by Crippen LogP contribution is -2.13. The molecule has 0 aliphatic heterocycles. The molecular weight excluding hydrogens is 428 g/mol. The molecule has 3 aromatic rings. The molecule has 1 aromatic carbocycles. The number of ketones is 1. The Morgan fingerprint density at radius 1 is 1.24 bits per heavy atom. The van der Waals surface area contributed by atoms with E-state index in [1.807, 2.05) is 31.3 Å². The Labute approximate surface area is 197 Å². The number of aromatic nitrogens is 3. The summed E-state index contributed by atoms with van der Waals surface area (Å²) < 4.78 is 0. The van der Waals surface area contributed by atoms with Crippen LogP contribution < -0.4 is 22.3 Å². The highest BCUT2D eigenvalue weighted by molar-refractivity contribution is 6.09. The predicted octanol–water partition coefficient (Wildman–Crippen LogP) is 3.27. The van der Waals surface area contributed by atoms with Crippen molar-refractivity contribution in [3.8, 4) is 11.3 Å². The molecule has 2 heterocycles. The number of pyridine rings is 1. The molecule has 0 amide bonds. The monoisotopic (exact) mass is 456 g/mol. The van der Waals surface area contributed by atoms with Crippen LogP contribution in [-0.2, 0) is 6.54 Å². The predicted molar refractivity (Wildman–Crippen MR) is 135 cm³/mol. The number of allylic oxidation sites excluding steroid dienone is 3. The molecule has 2 aromatic heterocycles. The fraction of sp³-hybridized carbons (Fsp3) is 0.231. The minimum absolute atomic E-state index is 0.0110. The molecular formula is C26H28N6O2. The number of carbonyl (C=O) groups is 1. The Kier molecular flexibility index (Phi) is 6.98. The van der Waals surface area contributed by atoms with Gasteiger partial charge in [-0.15, -0.1) is 0 Å². The van der Waals surface area contributed by atoms with E-state index in [4.69, 9.17) is 11.5 Å². The Morgan fingerprint density at radius 3 is 2.74 bits per heavy atom. The van der Waals surface area contributed by atoms with Gasteiger partial charge in [-0.3, -0.25) is 9.59 Å². The Balaban J connectivity index is 1.63. The number of H-pyrrole nitrogens is 1. The molecule has 0 unspecified atom stereocenters. The minimum atomic E-state index is -0.441. The van der Waals surface area contributed by atoms with Gasteiger partial charge >= 0.3 is 0 Å². The summed E-state index contributed by atoms with van der Waals surface area (Å²) in [5.74, 6) is -0.426. The van der Waals surface area contributed by atoms with Crippen molar-refractivity contribution in [2.24, 2.45) is 5.73 Å². The van der Waals surface area contributed by atoms with Gasteiger partial charge in [0.1, 0.15) is 0 Å². The first-order chi connectivity index (χ1) is 16.5. The zero-order valence-electron chi connectivity index (χ0n) is 19.1. The average molecular weight is 457 g/mol. The number of hydrogen-bond acceptors (Lipinski definition) is 7. The summed E-state index contributed by atoms with van der Waals surface area (Å²) in [4.78, 5) is 36.8. The SMILES string of the molecule is CNCc1ccc(C(N)=CC(=O)c2nc(-c3c[nH]c(=O)c(C4=CCCCC4)c3)cnc2N)cc1. The molecule has 34 heavy (non-hydrogen) atoms. The van der Waals surface area contributed by atoms with Gasteiger partial charge < -0.3 is 21.8 Å². The first-order valence-electron chi connectivity index (χ1n) is 11.3. The number of benzene rings is 1. The third-order valence-corrected chi connectivity index (χ3v) is 5.82. The van der Waals surface area contributed by atoms with E-state index in [1.165, 1.54) is 12.3 Å². The molecule has 0 radical (unpaired) electrons. The highest BCUT2D eigenvalue weighted by atomic mass is 16.1. The van der Waals surface area contributed by atoms with Gasteiger partial charge in [-0.2, -0.15) is 0 Å².